The Morgan fingerprint density at radius 2 is 1.94 bits per heavy atom. The van der Waals surface area contributed by atoms with Crippen LogP contribution in [-0.2, 0) is 11.2 Å². The van der Waals surface area contributed by atoms with Crippen molar-refractivity contribution in [1.29, 1.82) is 0 Å². The molecule has 0 saturated carbocycles. The van der Waals surface area contributed by atoms with Gasteiger partial charge in [0.15, 0.2) is 0 Å². The first kappa shape index (κ1) is 20.1. The van der Waals surface area contributed by atoms with Crippen molar-refractivity contribution in [1.82, 2.24) is 4.90 Å². The van der Waals surface area contributed by atoms with Crippen molar-refractivity contribution < 1.29 is 9.53 Å². The molecule has 0 radical (unpaired) electrons. The third-order valence-electron chi connectivity index (χ3n) is 6.04. The van der Waals surface area contributed by atoms with Crippen LogP contribution in [-0.4, -0.2) is 50.1 Å². The molecular formula is C25H27N3O2S. The van der Waals surface area contributed by atoms with Crippen molar-refractivity contribution in [3.05, 3.63) is 65.6 Å². The Morgan fingerprint density at radius 1 is 1.03 bits per heavy atom. The molecule has 6 heteroatoms. The highest BCUT2D eigenvalue weighted by Gasteiger charge is 2.18. The van der Waals surface area contributed by atoms with Crippen LogP contribution < -0.4 is 15.0 Å². The normalized spacial score (nSPS) is 17.2. The van der Waals surface area contributed by atoms with E-state index < -0.39 is 0 Å². The van der Waals surface area contributed by atoms with Gasteiger partial charge in [-0.15, -0.1) is 11.3 Å². The van der Waals surface area contributed by atoms with Gasteiger partial charge in [0.1, 0.15) is 12.4 Å². The Morgan fingerprint density at radius 3 is 2.84 bits per heavy atom. The molecule has 1 fully saturated rings. The maximum atomic E-state index is 11.6. The fourth-order valence-electron chi connectivity index (χ4n) is 4.30. The van der Waals surface area contributed by atoms with E-state index in [4.69, 9.17) is 4.74 Å². The van der Waals surface area contributed by atoms with Crippen LogP contribution >= 0.6 is 11.3 Å². The Kier molecular flexibility index (Phi) is 5.91. The number of piperazine rings is 1. The smallest absolute Gasteiger partial charge is 0.224 e. The number of amides is 1. The van der Waals surface area contributed by atoms with E-state index in [2.05, 4.69) is 56.9 Å². The molecule has 1 N–H and O–H groups in total. The van der Waals surface area contributed by atoms with Crippen molar-refractivity contribution in [3.63, 3.8) is 0 Å². The fourth-order valence-corrected chi connectivity index (χ4v) is 5.11. The zero-order valence-electron chi connectivity index (χ0n) is 17.5. The molecule has 1 amide bonds. The zero-order valence-corrected chi connectivity index (χ0v) is 18.4. The maximum absolute atomic E-state index is 11.6. The second-order valence-corrected chi connectivity index (χ2v) is 8.99. The number of carbonyl (C=O) groups is 1. The molecule has 0 atom stereocenters. The highest BCUT2D eigenvalue weighted by atomic mass is 32.1. The number of anilines is 2. The number of ether oxygens (including phenoxy) is 1. The van der Waals surface area contributed by atoms with Gasteiger partial charge in [-0.1, -0.05) is 24.3 Å². The molecule has 0 unspecified atom stereocenters. The van der Waals surface area contributed by atoms with Crippen LogP contribution in [0.15, 0.2) is 60.0 Å². The molecule has 160 valence electrons. The van der Waals surface area contributed by atoms with Gasteiger partial charge >= 0.3 is 0 Å². The fraction of sp³-hybridized carbons (Fsp3) is 0.320. The standard InChI is InChI=1S/C25H27N3O2S/c29-25-9-7-19-6-8-20(18-22(19)26-25)30-16-2-1-11-27-12-14-28(15-13-27)23-4-3-5-24-21(23)10-17-31-24/h1-6,8,10,17-18H,7,9,11-16H2,(H,26,29)/b2-1+. The van der Waals surface area contributed by atoms with Gasteiger partial charge in [0, 0.05) is 66.7 Å². The van der Waals surface area contributed by atoms with Gasteiger partial charge in [-0.25, -0.2) is 0 Å². The van der Waals surface area contributed by atoms with Crippen LogP contribution in [0.2, 0.25) is 0 Å². The number of benzene rings is 2. The Hall–Kier alpha value is -2.83. The van der Waals surface area contributed by atoms with Crippen molar-refractivity contribution >= 4 is 38.7 Å². The number of aryl methyl sites for hydroxylation is 1. The lowest BCUT2D eigenvalue weighted by Crippen LogP contribution is -2.46. The number of rotatable bonds is 6. The number of hydrogen-bond acceptors (Lipinski definition) is 5. The number of nitrogens with zero attached hydrogens (tertiary/aromatic N) is 2. The van der Waals surface area contributed by atoms with Crippen LogP contribution in [0.3, 0.4) is 0 Å². The summed E-state index contributed by atoms with van der Waals surface area (Å²) in [5, 5.41) is 6.47. The molecule has 3 aromatic rings. The summed E-state index contributed by atoms with van der Waals surface area (Å²) in [6.07, 6.45) is 5.64. The lowest BCUT2D eigenvalue weighted by atomic mass is 10.0. The van der Waals surface area contributed by atoms with Crippen LogP contribution in [0.5, 0.6) is 5.75 Å². The summed E-state index contributed by atoms with van der Waals surface area (Å²) in [6.45, 7) is 5.72. The molecule has 2 aliphatic heterocycles. The molecule has 0 aliphatic carbocycles. The molecule has 5 nitrogen and oxygen atoms in total. The van der Waals surface area contributed by atoms with Gasteiger partial charge in [0.25, 0.3) is 0 Å². The van der Waals surface area contributed by atoms with Gasteiger partial charge in [-0.05, 0) is 41.6 Å². The second kappa shape index (κ2) is 9.12. The first-order chi connectivity index (χ1) is 15.3. The predicted molar refractivity (Wildman–Crippen MR) is 129 cm³/mol. The second-order valence-electron chi connectivity index (χ2n) is 8.05. The molecule has 31 heavy (non-hydrogen) atoms. The molecule has 2 aliphatic rings. The molecular weight excluding hydrogens is 406 g/mol. The van der Waals surface area contributed by atoms with E-state index in [1.54, 1.807) is 0 Å². The molecule has 3 heterocycles. The Bertz CT molecular complexity index is 1100. The molecule has 1 aromatic heterocycles. The van der Waals surface area contributed by atoms with E-state index in [0.717, 1.165) is 50.6 Å². The van der Waals surface area contributed by atoms with Crippen LogP contribution in [0.1, 0.15) is 12.0 Å². The largest absolute Gasteiger partial charge is 0.489 e. The van der Waals surface area contributed by atoms with E-state index in [-0.39, 0.29) is 5.91 Å². The topological polar surface area (TPSA) is 44.8 Å². The summed E-state index contributed by atoms with van der Waals surface area (Å²) in [4.78, 5) is 16.6. The summed E-state index contributed by atoms with van der Waals surface area (Å²) in [5.41, 5.74) is 3.43. The monoisotopic (exact) mass is 433 g/mol. The number of thiophene rings is 1. The highest BCUT2D eigenvalue weighted by molar-refractivity contribution is 7.17. The summed E-state index contributed by atoms with van der Waals surface area (Å²) < 4.78 is 7.21. The minimum Gasteiger partial charge on any atom is -0.489 e. The number of hydrogen-bond donors (Lipinski definition) is 1. The van der Waals surface area contributed by atoms with Crippen molar-refractivity contribution in [2.45, 2.75) is 12.8 Å². The lowest BCUT2D eigenvalue weighted by Gasteiger charge is -2.36. The average Bonchev–Trinajstić information content (AvgIpc) is 3.28. The number of nitrogens with one attached hydrogen (secondary N) is 1. The quantitative estimate of drug-likeness (QED) is 0.580. The Balaban J connectivity index is 1.08. The van der Waals surface area contributed by atoms with E-state index in [9.17, 15) is 4.79 Å². The minimum absolute atomic E-state index is 0.0802. The van der Waals surface area contributed by atoms with Crippen LogP contribution in [0.25, 0.3) is 10.1 Å². The number of carbonyl (C=O) groups excluding carboxylic acids is 1. The Labute approximate surface area is 186 Å². The molecule has 0 spiro atoms. The summed E-state index contributed by atoms with van der Waals surface area (Å²) in [6, 6.07) is 14.8. The summed E-state index contributed by atoms with van der Waals surface area (Å²) >= 11 is 1.81. The van der Waals surface area contributed by atoms with E-state index in [1.165, 1.54) is 21.3 Å². The molecule has 5 rings (SSSR count). The first-order valence-electron chi connectivity index (χ1n) is 10.9. The van der Waals surface area contributed by atoms with Gasteiger partial charge in [0.05, 0.1) is 0 Å². The minimum atomic E-state index is 0.0802. The summed E-state index contributed by atoms with van der Waals surface area (Å²) in [7, 11) is 0. The van der Waals surface area contributed by atoms with Crippen molar-refractivity contribution in [3.8, 4) is 5.75 Å². The number of fused-ring (bicyclic) bond motifs is 2. The maximum Gasteiger partial charge on any atom is 0.224 e. The highest BCUT2D eigenvalue weighted by Crippen LogP contribution is 2.31. The van der Waals surface area contributed by atoms with Crippen LogP contribution in [0, 0.1) is 0 Å². The third kappa shape index (κ3) is 4.60. The van der Waals surface area contributed by atoms with E-state index >= 15 is 0 Å². The zero-order chi connectivity index (χ0) is 21.0. The third-order valence-corrected chi connectivity index (χ3v) is 6.92. The first-order valence-corrected chi connectivity index (χ1v) is 11.8. The lowest BCUT2D eigenvalue weighted by molar-refractivity contribution is -0.116. The van der Waals surface area contributed by atoms with Crippen molar-refractivity contribution in [2.24, 2.45) is 0 Å². The molecule has 0 bridgehead atoms. The predicted octanol–water partition coefficient (Wildman–Crippen LogP) is 4.54. The van der Waals surface area contributed by atoms with Crippen LogP contribution in [0.4, 0.5) is 11.4 Å². The molecule has 2 aromatic carbocycles. The van der Waals surface area contributed by atoms with Gasteiger partial charge in [0.2, 0.25) is 5.91 Å². The SMILES string of the molecule is O=C1CCc2ccc(OC/C=C/CN3CCN(c4cccc5sccc45)CC3)cc2N1. The van der Waals surface area contributed by atoms with E-state index in [0.29, 0.717) is 13.0 Å². The van der Waals surface area contributed by atoms with Gasteiger partial charge < -0.3 is 15.0 Å². The average molecular weight is 434 g/mol. The van der Waals surface area contributed by atoms with Gasteiger partial charge in [-0.2, -0.15) is 0 Å². The van der Waals surface area contributed by atoms with Crippen molar-refractivity contribution in [2.75, 3.05) is 49.5 Å². The molecule has 1 saturated heterocycles. The van der Waals surface area contributed by atoms with E-state index in [1.807, 2.05) is 29.5 Å². The summed E-state index contributed by atoms with van der Waals surface area (Å²) in [5.74, 6) is 0.874. The van der Waals surface area contributed by atoms with Gasteiger partial charge in [-0.3, -0.25) is 9.69 Å².